The first kappa shape index (κ1) is 18.5. The van der Waals surface area contributed by atoms with Gasteiger partial charge >= 0.3 is 5.97 Å². The van der Waals surface area contributed by atoms with E-state index < -0.39 is 0 Å². The lowest BCUT2D eigenvalue weighted by Crippen LogP contribution is -2.25. The van der Waals surface area contributed by atoms with E-state index in [1.807, 2.05) is 51.1 Å². The Morgan fingerprint density at radius 1 is 1.08 bits per heavy atom. The minimum absolute atomic E-state index is 0.202. The number of esters is 1. The van der Waals surface area contributed by atoms with Crippen molar-refractivity contribution in [2.24, 2.45) is 5.41 Å². The van der Waals surface area contributed by atoms with Gasteiger partial charge in [0.05, 0.1) is 12.5 Å². The summed E-state index contributed by atoms with van der Waals surface area (Å²) in [5.41, 5.74) is 3.23. The van der Waals surface area contributed by atoms with E-state index in [1.54, 1.807) is 0 Å². The van der Waals surface area contributed by atoms with Crippen molar-refractivity contribution in [2.45, 2.75) is 33.1 Å². The molecule has 0 saturated carbocycles. The Morgan fingerprint density at radius 3 is 2.42 bits per heavy atom. The van der Waals surface area contributed by atoms with Crippen LogP contribution < -0.4 is 0 Å². The molecule has 24 heavy (non-hydrogen) atoms. The maximum Gasteiger partial charge on any atom is 0.313 e. The van der Waals surface area contributed by atoms with Crippen LogP contribution >= 0.6 is 11.6 Å². The van der Waals surface area contributed by atoms with Gasteiger partial charge in [-0.2, -0.15) is 0 Å². The van der Waals surface area contributed by atoms with Crippen molar-refractivity contribution in [3.8, 4) is 0 Å². The predicted molar refractivity (Wildman–Crippen MR) is 99.6 cm³/mol. The van der Waals surface area contributed by atoms with Gasteiger partial charge in [-0.05, 0) is 30.0 Å². The molecule has 3 heteroatoms. The first-order valence-electron chi connectivity index (χ1n) is 8.27. The van der Waals surface area contributed by atoms with Crippen LogP contribution in [0.2, 0.25) is 0 Å². The zero-order valence-corrected chi connectivity index (χ0v) is 15.3. The Balaban J connectivity index is 2.03. The first-order valence-corrected chi connectivity index (χ1v) is 8.80. The maximum atomic E-state index is 12.3. The van der Waals surface area contributed by atoms with Gasteiger partial charge in [0.2, 0.25) is 0 Å². The second-order valence-electron chi connectivity index (χ2n) is 7.03. The van der Waals surface area contributed by atoms with Crippen LogP contribution in [0.4, 0.5) is 0 Å². The van der Waals surface area contributed by atoms with Crippen molar-refractivity contribution in [1.29, 1.82) is 0 Å². The Kier molecular flexibility index (Phi) is 6.44. The quantitative estimate of drug-likeness (QED) is 0.510. The van der Waals surface area contributed by atoms with Crippen LogP contribution in [0.1, 0.15) is 43.4 Å². The molecule has 0 fully saturated rings. The Hall–Kier alpha value is -1.80. The number of carbonyl (C=O) groups is 1. The van der Waals surface area contributed by atoms with E-state index in [0.717, 1.165) is 12.0 Å². The monoisotopic (exact) mass is 344 g/mol. The molecule has 0 heterocycles. The third-order valence-electron chi connectivity index (χ3n) is 4.02. The zero-order valence-electron chi connectivity index (χ0n) is 14.6. The van der Waals surface area contributed by atoms with Gasteiger partial charge in [-0.25, -0.2) is 0 Å². The van der Waals surface area contributed by atoms with Gasteiger partial charge in [0.25, 0.3) is 0 Å². The van der Waals surface area contributed by atoms with E-state index in [-0.39, 0.29) is 17.3 Å². The number of hydrogen-bond donors (Lipinski definition) is 0. The average Bonchev–Trinajstić information content (AvgIpc) is 2.60. The fraction of sp³-hybridized carbons (Fsp3) is 0.381. The summed E-state index contributed by atoms with van der Waals surface area (Å²) in [7, 11) is 0. The Labute approximate surface area is 149 Å². The largest absolute Gasteiger partial charge is 0.465 e. The van der Waals surface area contributed by atoms with Gasteiger partial charge in [-0.1, -0.05) is 68.4 Å². The molecule has 0 aliphatic rings. The third-order valence-corrected chi connectivity index (χ3v) is 4.75. The summed E-state index contributed by atoms with van der Waals surface area (Å²) in [6.45, 7) is 6.19. The second kappa shape index (κ2) is 8.34. The molecule has 0 spiro atoms. The topological polar surface area (TPSA) is 26.3 Å². The standard InChI is InChI=1S/C21H25ClO2/c1-16(20(23)24-15-21(2,3)14-22)19-11-7-10-18(13-19)12-17-8-5-4-6-9-17/h4-11,13,16H,12,14-15H2,1-3H3. The molecule has 2 aromatic rings. The molecule has 0 aromatic heterocycles. The van der Waals surface area contributed by atoms with Gasteiger partial charge in [0.15, 0.2) is 0 Å². The zero-order chi connectivity index (χ0) is 17.6. The number of rotatable bonds is 7. The molecule has 128 valence electrons. The highest BCUT2D eigenvalue weighted by molar-refractivity contribution is 6.18. The second-order valence-corrected chi connectivity index (χ2v) is 7.30. The summed E-state index contributed by atoms with van der Waals surface area (Å²) in [5, 5.41) is 0. The summed E-state index contributed by atoms with van der Waals surface area (Å²) in [5.74, 6) is -0.0294. The molecule has 0 aliphatic carbocycles. The average molecular weight is 345 g/mol. The van der Waals surface area contributed by atoms with Crippen LogP contribution in [-0.4, -0.2) is 18.5 Å². The minimum atomic E-state index is -0.285. The van der Waals surface area contributed by atoms with Gasteiger partial charge < -0.3 is 4.74 Å². The van der Waals surface area contributed by atoms with Crippen LogP contribution in [-0.2, 0) is 16.0 Å². The van der Waals surface area contributed by atoms with E-state index in [9.17, 15) is 4.79 Å². The van der Waals surface area contributed by atoms with Crippen molar-refractivity contribution < 1.29 is 9.53 Å². The number of ether oxygens (including phenoxy) is 1. The van der Waals surface area contributed by atoms with E-state index in [1.165, 1.54) is 11.1 Å². The molecule has 2 aromatic carbocycles. The van der Waals surface area contributed by atoms with Crippen molar-refractivity contribution in [2.75, 3.05) is 12.5 Å². The van der Waals surface area contributed by atoms with Gasteiger partial charge in [-0.3, -0.25) is 4.79 Å². The van der Waals surface area contributed by atoms with E-state index in [0.29, 0.717) is 12.5 Å². The van der Waals surface area contributed by atoms with Crippen LogP contribution in [0.3, 0.4) is 0 Å². The van der Waals surface area contributed by atoms with Gasteiger partial charge in [0.1, 0.15) is 0 Å². The lowest BCUT2D eigenvalue weighted by molar-refractivity contribution is -0.147. The highest BCUT2D eigenvalue weighted by atomic mass is 35.5. The lowest BCUT2D eigenvalue weighted by atomic mass is 9.96. The SMILES string of the molecule is CC(C(=O)OCC(C)(C)CCl)c1cccc(Cc2ccccc2)c1. The van der Waals surface area contributed by atoms with Gasteiger partial charge in [0, 0.05) is 11.3 Å². The number of benzene rings is 2. The molecular weight excluding hydrogens is 320 g/mol. The molecule has 0 radical (unpaired) electrons. The van der Waals surface area contributed by atoms with Gasteiger partial charge in [-0.15, -0.1) is 11.6 Å². The number of halogens is 1. The molecule has 0 saturated heterocycles. The Bertz CT molecular complexity index is 665. The molecule has 2 nitrogen and oxygen atoms in total. The van der Waals surface area contributed by atoms with Crippen molar-refractivity contribution in [1.82, 2.24) is 0 Å². The van der Waals surface area contributed by atoms with Crippen molar-refractivity contribution in [3.05, 3.63) is 71.3 Å². The summed E-state index contributed by atoms with van der Waals surface area (Å²) >= 11 is 5.88. The van der Waals surface area contributed by atoms with Crippen LogP contribution in [0.25, 0.3) is 0 Å². The highest BCUT2D eigenvalue weighted by Gasteiger charge is 2.22. The Morgan fingerprint density at radius 2 is 1.75 bits per heavy atom. The summed E-state index contributed by atoms with van der Waals surface area (Å²) in [4.78, 5) is 12.3. The van der Waals surface area contributed by atoms with E-state index in [4.69, 9.17) is 16.3 Å². The van der Waals surface area contributed by atoms with Crippen molar-refractivity contribution >= 4 is 17.6 Å². The first-order chi connectivity index (χ1) is 11.4. The molecule has 1 unspecified atom stereocenters. The summed E-state index contributed by atoms with van der Waals surface area (Å²) in [6.07, 6.45) is 0.857. The minimum Gasteiger partial charge on any atom is -0.465 e. The molecule has 0 amide bonds. The predicted octanol–water partition coefficient (Wildman–Crippen LogP) is 5.19. The summed E-state index contributed by atoms with van der Waals surface area (Å²) < 4.78 is 5.45. The van der Waals surface area contributed by atoms with Crippen LogP contribution in [0, 0.1) is 5.41 Å². The summed E-state index contributed by atoms with van der Waals surface area (Å²) in [6, 6.07) is 18.5. The third kappa shape index (κ3) is 5.38. The fourth-order valence-corrected chi connectivity index (χ4v) is 2.45. The van der Waals surface area contributed by atoms with E-state index in [2.05, 4.69) is 24.3 Å². The highest BCUT2D eigenvalue weighted by Crippen LogP contribution is 2.22. The van der Waals surface area contributed by atoms with E-state index >= 15 is 0 Å². The lowest BCUT2D eigenvalue weighted by Gasteiger charge is -2.22. The van der Waals surface area contributed by atoms with Crippen molar-refractivity contribution in [3.63, 3.8) is 0 Å². The maximum absolute atomic E-state index is 12.3. The van der Waals surface area contributed by atoms with Crippen LogP contribution in [0.15, 0.2) is 54.6 Å². The molecule has 2 rings (SSSR count). The number of alkyl halides is 1. The molecule has 1 atom stereocenters. The van der Waals surface area contributed by atoms with Crippen LogP contribution in [0.5, 0.6) is 0 Å². The molecule has 0 bridgehead atoms. The molecular formula is C21H25ClO2. The molecule has 0 N–H and O–H groups in total. The molecule has 0 aliphatic heterocycles. The number of carbonyl (C=O) groups excluding carboxylic acids is 1. The fourth-order valence-electron chi connectivity index (χ4n) is 2.37. The number of hydrogen-bond acceptors (Lipinski definition) is 2. The smallest absolute Gasteiger partial charge is 0.313 e. The normalized spacial score (nSPS) is 12.7.